The topological polar surface area (TPSA) is 32.3 Å². The second kappa shape index (κ2) is 7.77. The molecule has 1 N–H and O–H groups in total. The fourth-order valence-electron chi connectivity index (χ4n) is 2.13. The highest BCUT2D eigenvalue weighted by atomic mass is 35.5. The van der Waals surface area contributed by atoms with Crippen LogP contribution in [-0.4, -0.2) is 30.4 Å². The van der Waals surface area contributed by atoms with Crippen LogP contribution in [0.5, 0.6) is 0 Å². The maximum absolute atomic E-state index is 11.4. The van der Waals surface area contributed by atoms with Crippen molar-refractivity contribution in [3.05, 3.63) is 21.9 Å². The number of nitrogens with one attached hydrogen (secondary N) is 1. The zero-order chi connectivity index (χ0) is 12.1. The highest BCUT2D eigenvalue weighted by Gasteiger charge is 2.18. The van der Waals surface area contributed by atoms with E-state index in [-0.39, 0.29) is 12.4 Å². The number of nitrogens with zero attached hydrogens (tertiary/aromatic N) is 1. The maximum atomic E-state index is 11.4. The molecule has 1 aromatic heterocycles. The zero-order valence-electron chi connectivity index (χ0n) is 10.8. The zero-order valence-corrected chi connectivity index (χ0v) is 12.4. The third-order valence-electron chi connectivity index (χ3n) is 3.05. The van der Waals surface area contributed by atoms with Crippen LogP contribution in [0.2, 0.25) is 0 Å². The number of hydrogen-bond acceptors (Lipinski definition) is 3. The van der Waals surface area contributed by atoms with Crippen LogP contribution in [0.25, 0.3) is 0 Å². The number of aryl methyl sites for hydroxylation is 1. The van der Waals surface area contributed by atoms with Crippen LogP contribution >= 0.6 is 23.7 Å². The molecular weight excluding hydrogens is 268 g/mol. The Labute approximate surface area is 119 Å². The van der Waals surface area contributed by atoms with E-state index in [1.807, 2.05) is 16.2 Å². The second-order valence-corrected chi connectivity index (χ2v) is 5.90. The monoisotopic (exact) mass is 288 g/mol. The lowest BCUT2D eigenvalue weighted by atomic mass is 10.3. The first-order valence-electron chi connectivity index (χ1n) is 6.29. The van der Waals surface area contributed by atoms with Crippen LogP contribution < -0.4 is 5.32 Å². The Bertz CT molecular complexity index is 381. The summed E-state index contributed by atoms with van der Waals surface area (Å²) >= 11 is 1.84. The van der Waals surface area contributed by atoms with Gasteiger partial charge in [-0.2, -0.15) is 0 Å². The Hall–Kier alpha value is -0.580. The molecule has 0 bridgehead atoms. The normalized spacial score (nSPS) is 14.9. The molecule has 1 fully saturated rings. The van der Waals surface area contributed by atoms with Crippen molar-refractivity contribution in [1.82, 2.24) is 10.2 Å². The highest BCUT2D eigenvalue weighted by Crippen LogP contribution is 2.14. The van der Waals surface area contributed by atoms with Gasteiger partial charge in [-0.1, -0.05) is 0 Å². The molecule has 1 aliphatic heterocycles. The van der Waals surface area contributed by atoms with Crippen LogP contribution in [0, 0.1) is 6.92 Å². The number of carbonyl (C=O) groups is 1. The summed E-state index contributed by atoms with van der Waals surface area (Å²) in [5.74, 6) is 0.332. The van der Waals surface area contributed by atoms with Crippen LogP contribution in [0.1, 0.15) is 29.0 Å². The number of thiophene rings is 1. The first-order chi connectivity index (χ1) is 8.25. The van der Waals surface area contributed by atoms with Gasteiger partial charge in [0, 0.05) is 35.8 Å². The standard InChI is InChI=1S/C13H20N2OS.ClH/c1-11-5-6-12(17-11)10-14-7-3-9-15-8-2-4-13(15)16;/h5-6,14H,2-4,7-10H2,1H3;1H. The van der Waals surface area contributed by atoms with E-state index >= 15 is 0 Å². The lowest BCUT2D eigenvalue weighted by molar-refractivity contribution is -0.127. The minimum absolute atomic E-state index is 0. The summed E-state index contributed by atoms with van der Waals surface area (Å²) in [4.78, 5) is 16.1. The Morgan fingerprint density at radius 3 is 2.89 bits per heavy atom. The number of hydrogen-bond donors (Lipinski definition) is 1. The molecule has 0 aliphatic carbocycles. The Morgan fingerprint density at radius 2 is 2.28 bits per heavy atom. The first kappa shape index (κ1) is 15.5. The van der Waals surface area contributed by atoms with Crippen molar-refractivity contribution in [3.63, 3.8) is 0 Å². The van der Waals surface area contributed by atoms with Crippen LogP contribution in [0.4, 0.5) is 0 Å². The first-order valence-corrected chi connectivity index (χ1v) is 7.11. The molecule has 0 radical (unpaired) electrons. The Balaban J connectivity index is 0.00000162. The molecule has 18 heavy (non-hydrogen) atoms. The van der Waals surface area contributed by atoms with E-state index < -0.39 is 0 Å². The minimum atomic E-state index is 0. The summed E-state index contributed by atoms with van der Waals surface area (Å²) in [7, 11) is 0. The Morgan fingerprint density at radius 1 is 1.44 bits per heavy atom. The quantitative estimate of drug-likeness (QED) is 0.816. The van der Waals surface area contributed by atoms with E-state index in [0.717, 1.165) is 45.4 Å². The van der Waals surface area contributed by atoms with Gasteiger partial charge in [0.2, 0.25) is 5.91 Å². The summed E-state index contributed by atoms with van der Waals surface area (Å²) in [5.41, 5.74) is 0. The van der Waals surface area contributed by atoms with Crippen molar-refractivity contribution in [3.8, 4) is 0 Å². The third kappa shape index (κ3) is 4.59. The van der Waals surface area contributed by atoms with Crippen molar-refractivity contribution >= 4 is 29.7 Å². The molecule has 1 aromatic rings. The van der Waals surface area contributed by atoms with Crippen molar-refractivity contribution in [2.75, 3.05) is 19.6 Å². The van der Waals surface area contributed by atoms with Gasteiger partial charge in [-0.25, -0.2) is 0 Å². The van der Waals surface area contributed by atoms with E-state index in [9.17, 15) is 4.79 Å². The van der Waals surface area contributed by atoms with Crippen LogP contribution in [0.3, 0.4) is 0 Å². The van der Waals surface area contributed by atoms with Gasteiger partial charge in [0.05, 0.1) is 0 Å². The molecular formula is C13H21ClN2OS. The van der Waals surface area contributed by atoms with Crippen molar-refractivity contribution in [1.29, 1.82) is 0 Å². The molecule has 102 valence electrons. The fourth-order valence-corrected chi connectivity index (χ4v) is 2.99. The second-order valence-electron chi connectivity index (χ2n) is 4.53. The SMILES string of the molecule is Cc1ccc(CNCCCN2CCCC2=O)s1.Cl. The average molecular weight is 289 g/mol. The minimum Gasteiger partial charge on any atom is -0.343 e. The number of rotatable bonds is 6. The van der Waals surface area contributed by atoms with E-state index in [1.165, 1.54) is 9.75 Å². The number of likely N-dealkylation sites (tertiary alicyclic amines) is 1. The van der Waals surface area contributed by atoms with Crippen LogP contribution in [0.15, 0.2) is 12.1 Å². The lowest BCUT2D eigenvalue weighted by Gasteiger charge is -2.15. The van der Waals surface area contributed by atoms with Gasteiger partial charge >= 0.3 is 0 Å². The summed E-state index contributed by atoms with van der Waals surface area (Å²) in [6, 6.07) is 4.33. The summed E-state index contributed by atoms with van der Waals surface area (Å²) in [5, 5.41) is 3.43. The van der Waals surface area contributed by atoms with Gasteiger partial charge < -0.3 is 10.2 Å². The predicted octanol–water partition coefficient (Wildman–Crippen LogP) is 2.58. The molecule has 2 heterocycles. The molecule has 5 heteroatoms. The van der Waals surface area contributed by atoms with Crippen molar-refractivity contribution < 1.29 is 4.79 Å². The molecule has 2 rings (SSSR count). The molecule has 0 aromatic carbocycles. The average Bonchev–Trinajstić information content (AvgIpc) is 2.88. The lowest BCUT2D eigenvalue weighted by Crippen LogP contribution is -2.28. The molecule has 0 atom stereocenters. The van der Waals surface area contributed by atoms with Gasteiger partial charge in [-0.05, 0) is 38.4 Å². The summed E-state index contributed by atoms with van der Waals surface area (Å²) in [6.07, 6.45) is 2.85. The van der Waals surface area contributed by atoms with Gasteiger partial charge in [0.1, 0.15) is 0 Å². The number of carbonyl (C=O) groups excluding carboxylic acids is 1. The molecule has 3 nitrogen and oxygen atoms in total. The largest absolute Gasteiger partial charge is 0.343 e. The summed E-state index contributed by atoms with van der Waals surface area (Å²) < 4.78 is 0. The van der Waals surface area contributed by atoms with Gasteiger partial charge in [-0.3, -0.25) is 4.79 Å². The molecule has 1 amide bonds. The predicted molar refractivity (Wildman–Crippen MR) is 78.4 cm³/mol. The van der Waals surface area contributed by atoms with E-state index in [4.69, 9.17) is 0 Å². The van der Waals surface area contributed by atoms with E-state index in [1.54, 1.807) is 0 Å². The maximum Gasteiger partial charge on any atom is 0.222 e. The molecule has 1 aliphatic rings. The number of halogens is 1. The fraction of sp³-hybridized carbons (Fsp3) is 0.615. The molecule has 0 unspecified atom stereocenters. The third-order valence-corrected chi connectivity index (χ3v) is 4.05. The highest BCUT2D eigenvalue weighted by molar-refractivity contribution is 7.11. The van der Waals surface area contributed by atoms with Gasteiger partial charge in [0.25, 0.3) is 0 Å². The number of amides is 1. The van der Waals surface area contributed by atoms with Gasteiger partial charge in [0.15, 0.2) is 0 Å². The van der Waals surface area contributed by atoms with E-state index in [2.05, 4.69) is 24.4 Å². The Kier molecular flexibility index (Phi) is 6.68. The van der Waals surface area contributed by atoms with Crippen LogP contribution in [-0.2, 0) is 11.3 Å². The molecule has 0 spiro atoms. The van der Waals surface area contributed by atoms with Gasteiger partial charge in [-0.15, -0.1) is 23.7 Å². The van der Waals surface area contributed by atoms with E-state index in [0.29, 0.717) is 5.91 Å². The smallest absolute Gasteiger partial charge is 0.222 e. The molecule has 0 saturated carbocycles. The summed E-state index contributed by atoms with van der Waals surface area (Å²) in [6.45, 7) is 5.94. The van der Waals surface area contributed by atoms with Crippen molar-refractivity contribution in [2.24, 2.45) is 0 Å². The molecule has 1 saturated heterocycles. The van der Waals surface area contributed by atoms with Crippen molar-refractivity contribution in [2.45, 2.75) is 32.7 Å².